The molecule has 1 rings (SSSR count). The number of hydrogen-bond acceptors (Lipinski definition) is 4. The number of carbonyl (C=O) groups is 2. The number of nitrogens with one attached hydrogen (secondary N) is 1. The Balaban J connectivity index is 0.00000361. The molecule has 0 bridgehead atoms. The Morgan fingerprint density at radius 2 is 2.05 bits per heavy atom. The van der Waals surface area contributed by atoms with E-state index in [2.05, 4.69) is 5.32 Å². The second kappa shape index (κ2) is 9.19. The molecular weight excluding hydrogens is 280 g/mol. The summed E-state index contributed by atoms with van der Waals surface area (Å²) < 4.78 is 4.77. The summed E-state index contributed by atoms with van der Waals surface area (Å²) in [6.07, 6.45) is 4.33. The van der Waals surface area contributed by atoms with Crippen molar-refractivity contribution in [2.24, 2.45) is 17.6 Å². The van der Waals surface area contributed by atoms with Crippen LogP contribution in [0.4, 0.5) is 0 Å². The summed E-state index contributed by atoms with van der Waals surface area (Å²) in [7, 11) is 1.35. The summed E-state index contributed by atoms with van der Waals surface area (Å²) in [5.74, 6) is -0.442. The van der Waals surface area contributed by atoms with E-state index in [9.17, 15) is 9.59 Å². The van der Waals surface area contributed by atoms with Gasteiger partial charge in [-0.05, 0) is 25.2 Å². The molecule has 1 amide bonds. The Kier molecular flexibility index (Phi) is 8.81. The average Bonchev–Trinajstić information content (AvgIpc) is 2.42. The molecule has 0 aromatic heterocycles. The number of ether oxygens (including phenoxy) is 1. The highest BCUT2D eigenvalue weighted by Gasteiger charge is 2.31. The summed E-state index contributed by atoms with van der Waals surface area (Å²) in [6, 6.07) is -0.453. The average molecular weight is 307 g/mol. The van der Waals surface area contributed by atoms with Gasteiger partial charge in [-0.3, -0.25) is 4.79 Å². The maximum atomic E-state index is 12.2. The van der Waals surface area contributed by atoms with Crippen LogP contribution < -0.4 is 11.1 Å². The van der Waals surface area contributed by atoms with Gasteiger partial charge in [0.25, 0.3) is 0 Å². The van der Waals surface area contributed by atoms with Gasteiger partial charge in [-0.2, -0.15) is 0 Å². The Labute approximate surface area is 127 Å². The van der Waals surface area contributed by atoms with Gasteiger partial charge < -0.3 is 15.8 Å². The highest BCUT2D eigenvalue weighted by Crippen LogP contribution is 2.23. The van der Waals surface area contributed by atoms with Gasteiger partial charge >= 0.3 is 5.97 Å². The molecule has 3 N–H and O–H groups in total. The summed E-state index contributed by atoms with van der Waals surface area (Å²) in [5, 5.41) is 2.84. The third-order valence-electron chi connectivity index (χ3n) is 4.05. The molecule has 20 heavy (non-hydrogen) atoms. The Hall–Kier alpha value is -0.810. The van der Waals surface area contributed by atoms with Crippen molar-refractivity contribution in [2.45, 2.75) is 58.0 Å². The Morgan fingerprint density at radius 3 is 2.55 bits per heavy atom. The molecule has 0 aromatic rings. The molecule has 5 nitrogen and oxygen atoms in total. The van der Waals surface area contributed by atoms with E-state index in [1.807, 2.05) is 13.8 Å². The van der Waals surface area contributed by atoms with Crippen molar-refractivity contribution >= 4 is 24.3 Å². The minimum atomic E-state index is -0.555. The molecular formula is C14H27ClN2O3. The lowest BCUT2D eigenvalue weighted by molar-refractivity contribution is -0.147. The van der Waals surface area contributed by atoms with Crippen LogP contribution in [-0.2, 0) is 14.3 Å². The van der Waals surface area contributed by atoms with E-state index in [4.69, 9.17) is 10.5 Å². The topological polar surface area (TPSA) is 81.4 Å². The van der Waals surface area contributed by atoms with Crippen LogP contribution in [0.15, 0.2) is 0 Å². The van der Waals surface area contributed by atoms with Gasteiger partial charge in [0.15, 0.2) is 0 Å². The maximum absolute atomic E-state index is 12.2. The molecule has 1 aliphatic carbocycles. The van der Waals surface area contributed by atoms with Crippen LogP contribution in [0.1, 0.15) is 46.0 Å². The largest absolute Gasteiger partial charge is 0.467 e. The van der Waals surface area contributed by atoms with Crippen molar-refractivity contribution in [2.75, 3.05) is 7.11 Å². The van der Waals surface area contributed by atoms with Crippen LogP contribution in [0.25, 0.3) is 0 Å². The number of amides is 1. The van der Waals surface area contributed by atoms with Crippen molar-refractivity contribution < 1.29 is 14.3 Å². The van der Waals surface area contributed by atoms with E-state index in [0.29, 0.717) is 6.42 Å². The minimum absolute atomic E-state index is 0. The van der Waals surface area contributed by atoms with E-state index in [0.717, 1.165) is 25.7 Å². The second-order valence-electron chi connectivity index (χ2n) is 5.52. The minimum Gasteiger partial charge on any atom is -0.467 e. The first-order valence-electron chi connectivity index (χ1n) is 7.13. The molecule has 4 atom stereocenters. The lowest BCUT2D eigenvalue weighted by Gasteiger charge is -2.28. The van der Waals surface area contributed by atoms with Crippen molar-refractivity contribution in [1.82, 2.24) is 5.32 Å². The van der Waals surface area contributed by atoms with Crippen molar-refractivity contribution in [3.05, 3.63) is 0 Å². The standard InChI is InChI=1S/C14H26N2O3.ClH/c1-4-9(2)12(14(18)19-3)16-13(17)10-6-5-7-11(15)8-10;/h9-12H,4-8,15H2,1-3H3,(H,16,17);1H/t9-,10?,11?,12-;/m0./s1. The molecule has 1 fully saturated rings. The fourth-order valence-electron chi connectivity index (χ4n) is 2.53. The van der Waals surface area contributed by atoms with E-state index in [1.54, 1.807) is 0 Å². The molecule has 0 spiro atoms. The molecule has 0 saturated heterocycles. The number of halogens is 1. The van der Waals surface area contributed by atoms with E-state index in [-0.39, 0.29) is 42.2 Å². The zero-order valence-electron chi connectivity index (χ0n) is 12.6. The number of esters is 1. The summed E-state index contributed by atoms with van der Waals surface area (Å²) in [6.45, 7) is 3.93. The molecule has 1 saturated carbocycles. The van der Waals surface area contributed by atoms with Crippen LogP contribution in [0.2, 0.25) is 0 Å². The molecule has 0 radical (unpaired) electrons. The highest BCUT2D eigenvalue weighted by atomic mass is 35.5. The summed E-state index contributed by atoms with van der Waals surface area (Å²) in [4.78, 5) is 24.0. The van der Waals surface area contributed by atoms with Crippen LogP contribution in [0, 0.1) is 11.8 Å². The van der Waals surface area contributed by atoms with Crippen molar-refractivity contribution in [3.8, 4) is 0 Å². The highest BCUT2D eigenvalue weighted by molar-refractivity contribution is 5.86. The quantitative estimate of drug-likeness (QED) is 0.756. The molecule has 0 aliphatic heterocycles. The third-order valence-corrected chi connectivity index (χ3v) is 4.05. The maximum Gasteiger partial charge on any atom is 0.328 e. The van der Waals surface area contributed by atoms with Crippen molar-refractivity contribution in [3.63, 3.8) is 0 Å². The van der Waals surface area contributed by atoms with Gasteiger partial charge in [-0.1, -0.05) is 26.7 Å². The third kappa shape index (κ3) is 5.29. The van der Waals surface area contributed by atoms with Gasteiger partial charge in [-0.15, -0.1) is 12.4 Å². The van der Waals surface area contributed by atoms with E-state index >= 15 is 0 Å². The van der Waals surface area contributed by atoms with E-state index in [1.165, 1.54) is 7.11 Å². The van der Waals surface area contributed by atoms with Crippen molar-refractivity contribution in [1.29, 1.82) is 0 Å². The van der Waals surface area contributed by atoms with Crippen LogP contribution in [0.5, 0.6) is 0 Å². The number of nitrogens with two attached hydrogens (primary N) is 1. The molecule has 6 heteroatoms. The smallest absolute Gasteiger partial charge is 0.328 e. The number of carbonyl (C=O) groups excluding carboxylic acids is 2. The molecule has 2 unspecified atom stereocenters. The number of methoxy groups -OCH3 is 1. The fourth-order valence-corrected chi connectivity index (χ4v) is 2.53. The lowest BCUT2D eigenvalue weighted by Crippen LogP contribution is -2.49. The second-order valence-corrected chi connectivity index (χ2v) is 5.52. The normalized spacial score (nSPS) is 25.0. The fraction of sp³-hybridized carbons (Fsp3) is 0.857. The Morgan fingerprint density at radius 1 is 1.40 bits per heavy atom. The predicted molar refractivity (Wildman–Crippen MR) is 80.6 cm³/mol. The van der Waals surface area contributed by atoms with Gasteiger partial charge in [0.2, 0.25) is 5.91 Å². The Bertz CT molecular complexity index is 326. The first-order valence-corrected chi connectivity index (χ1v) is 7.13. The monoisotopic (exact) mass is 306 g/mol. The number of rotatable bonds is 5. The van der Waals surface area contributed by atoms with Crippen LogP contribution in [0.3, 0.4) is 0 Å². The summed E-state index contributed by atoms with van der Waals surface area (Å²) in [5.41, 5.74) is 5.89. The number of hydrogen-bond donors (Lipinski definition) is 2. The first kappa shape index (κ1) is 19.2. The molecule has 0 heterocycles. The van der Waals surface area contributed by atoms with Gasteiger partial charge in [0.1, 0.15) is 6.04 Å². The predicted octanol–water partition coefficient (Wildman–Crippen LogP) is 1.63. The van der Waals surface area contributed by atoms with E-state index < -0.39 is 6.04 Å². The van der Waals surface area contributed by atoms with Gasteiger partial charge in [0, 0.05) is 12.0 Å². The zero-order chi connectivity index (χ0) is 14.4. The summed E-state index contributed by atoms with van der Waals surface area (Å²) >= 11 is 0. The first-order chi connectivity index (χ1) is 8.99. The molecule has 0 aromatic carbocycles. The van der Waals surface area contributed by atoms with Gasteiger partial charge in [-0.25, -0.2) is 4.79 Å². The molecule has 1 aliphatic rings. The van der Waals surface area contributed by atoms with Crippen LogP contribution in [-0.4, -0.2) is 31.1 Å². The zero-order valence-corrected chi connectivity index (χ0v) is 13.4. The lowest BCUT2D eigenvalue weighted by atomic mass is 9.85. The SMILES string of the molecule is CC[C@H](C)[C@H](NC(=O)C1CCCC(N)C1)C(=O)OC.Cl. The van der Waals surface area contributed by atoms with Crippen LogP contribution >= 0.6 is 12.4 Å². The van der Waals surface area contributed by atoms with Gasteiger partial charge in [0.05, 0.1) is 7.11 Å². The molecule has 118 valence electrons.